The van der Waals surface area contributed by atoms with Crippen LogP contribution in [0.4, 0.5) is 16.1 Å². The van der Waals surface area contributed by atoms with Gasteiger partial charge in [-0.15, -0.1) is 0 Å². The van der Waals surface area contributed by atoms with Crippen LogP contribution in [0.25, 0.3) is 22.2 Å². The Kier molecular flexibility index (Phi) is 8.19. The molecule has 2 fully saturated rings. The van der Waals surface area contributed by atoms with Crippen molar-refractivity contribution in [3.8, 4) is 22.6 Å². The molecule has 1 aromatic heterocycles. The minimum absolute atomic E-state index is 0.232. The van der Waals surface area contributed by atoms with Crippen LogP contribution in [0.1, 0.15) is 38.7 Å². The molecule has 2 heterocycles. The smallest absolute Gasteiger partial charge is 0.295 e. The van der Waals surface area contributed by atoms with E-state index in [9.17, 15) is 12.8 Å². The highest BCUT2D eigenvalue weighted by Crippen LogP contribution is 2.43. The molecule has 0 radical (unpaired) electrons. The number of nitrogens with one attached hydrogen (secondary N) is 2. The van der Waals surface area contributed by atoms with Gasteiger partial charge in [0.05, 0.1) is 30.7 Å². The standard InChI is InChI=1S/C32H37FN4O5S/c1-4-40-29-16-20(17-30(41-5-2)31(29)21-6-8-22(33)9-7-21)19-37-15-14-24-25(11-12-27(24)37)34-32-35-26-18-23(36-43(3,38)39)10-13-28(26)42-32/h6-10,13,16-18,24-25,27,36H,4-5,11-12,14-15,19H2,1-3H3,(H,34,35)/t24-,25?,27+/m0/s1. The molecule has 1 aliphatic carbocycles. The predicted molar refractivity (Wildman–Crippen MR) is 166 cm³/mol. The van der Waals surface area contributed by atoms with Crippen LogP contribution >= 0.6 is 0 Å². The van der Waals surface area contributed by atoms with Crippen molar-refractivity contribution >= 4 is 32.8 Å². The number of hydrogen-bond acceptors (Lipinski definition) is 8. The van der Waals surface area contributed by atoms with Gasteiger partial charge in [-0.05, 0) is 99.2 Å². The van der Waals surface area contributed by atoms with Crippen LogP contribution in [0.3, 0.4) is 0 Å². The first kappa shape index (κ1) is 29.3. The van der Waals surface area contributed by atoms with Crippen molar-refractivity contribution in [1.29, 1.82) is 0 Å². The van der Waals surface area contributed by atoms with E-state index in [4.69, 9.17) is 13.9 Å². The van der Waals surface area contributed by atoms with E-state index in [0.29, 0.717) is 48.0 Å². The van der Waals surface area contributed by atoms with Crippen molar-refractivity contribution in [3.05, 3.63) is 66.0 Å². The maximum absolute atomic E-state index is 13.7. The van der Waals surface area contributed by atoms with E-state index in [2.05, 4.69) is 32.1 Å². The molecule has 0 spiro atoms. The molecule has 1 saturated carbocycles. The highest BCUT2D eigenvalue weighted by Gasteiger charge is 2.44. The van der Waals surface area contributed by atoms with Crippen molar-refractivity contribution in [2.45, 2.75) is 51.7 Å². The second-order valence-corrected chi connectivity index (χ2v) is 13.0. The van der Waals surface area contributed by atoms with Crippen LogP contribution in [0.5, 0.6) is 11.5 Å². The molecule has 4 aromatic rings. The van der Waals surface area contributed by atoms with Gasteiger partial charge in [-0.3, -0.25) is 9.62 Å². The average molecular weight is 609 g/mol. The second-order valence-electron chi connectivity index (χ2n) is 11.2. The first-order valence-electron chi connectivity index (χ1n) is 14.8. The Hall–Kier alpha value is -3.83. The summed E-state index contributed by atoms with van der Waals surface area (Å²) in [5.41, 5.74) is 4.46. The zero-order chi connectivity index (χ0) is 30.1. The lowest BCUT2D eigenvalue weighted by Gasteiger charge is -2.25. The van der Waals surface area contributed by atoms with Crippen molar-refractivity contribution in [2.75, 3.05) is 36.1 Å². The SMILES string of the molecule is CCOc1cc(CN2CC[C@H]3C(Nc4nc5cc(NS(C)(=O)=O)ccc5o4)CC[C@H]32)cc(OCC)c1-c1ccc(F)cc1. The summed E-state index contributed by atoms with van der Waals surface area (Å²) in [5.74, 6) is 1.65. The summed E-state index contributed by atoms with van der Waals surface area (Å²) in [5, 5.41) is 3.53. The number of benzene rings is 3. The molecule has 6 rings (SSSR count). The molecule has 228 valence electrons. The lowest BCUT2D eigenvalue weighted by Crippen LogP contribution is -2.32. The van der Waals surface area contributed by atoms with Gasteiger partial charge in [0.25, 0.3) is 6.01 Å². The van der Waals surface area contributed by atoms with Crippen molar-refractivity contribution in [1.82, 2.24) is 9.88 Å². The number of rotatable bonds is 11. The normalized spacial score (nSPS) is 20.3. The van der Waals surface area contributed by atoms with E-state index >= 15 is 0 Å². The molecular weight excluding hydrogens is 571 g/mol. The molecule has 1 saturated heterocycles. The number of oxazole rings is 1. The van der Waals surface area contributed by atoms with Crippen LogP contribution < -0.4 is 19.5 Å². The van der Waals surface area contributed by atoms with Crippen LogP contribution in [-0.2, 0) is 16.6 Å². The summed E-state index contributed by atoms with van der Waals surface area (Å²) in [6.07, 6.45) is 4.25. The van der Waals surface area contributed by atoms with Crippen LogP contribution in [-0.4, -0.2) is 56.4 Å². The average Bonchev–Trinajstić information content (AvgIpc) is 3.65. The van der Waals surface area contributed by atoms with Crippen LogP contribution in [0.15, 0.2) is 59.0 Å². The molecule has 1 aliphatic heterocycles. The summed E-state index contributed by atoms with van der Waals surface area (Å²) >= 11 is 0. The molecule has 0 amide bonds. The fraction of sp³-hybridized carbons (Fsp3) is 0.406. The quantitative estimate of drug-likeness (QED) is 0.205. The van der Waals surface area contributed by atoms with Crippen LogP contribution in [0.2, 0.25) is 0 Å². The molecule has 2 aliphatic rings. The number of fused-ring (bicyclic) bond motifs is 2. The Morgan fingerprint density at radius 2 is 1.72 bits per heavy atom. The van der Waals surface area contributed by atoms with Gasteiger partial charge >= 0.3 is 0 Å². The first-order chi connectivity index (χ1) is 20.7. The third kappa shape index (κ3) is 6.42. The number of halogens is 1. The number of anilines is 2. The Bertz CT molecular complexity index is 1680. The number of aromatic nitrogens is 1. The van der Waals surface area contributed by atoms with Gasteiger partial charge < -0.3 is 19.2 Å². The van der Waals surface area contributed by atoms with Gasteiger partial charge in [0.1, 0.15) is 22.8 Å². The summed E-state index contributed by atoms with van der Waals surface area (Å²) < 4.78 is 57.5. The Morgan fingerprint density at radius 1 is 1.00 bits per heavy atom. The van der Waals surface area contributed by atoms with Crippen LogP contribution in [0, 0.1) is 11.7 Å². The van der Waals surface area contributed by atoms with Gasteiger partial charge in [0.15, 0.2) is 5.58 Å². The molecule has 11 heteroatoms. The lowest BCUT2D eigenvalue weighted by molar-refractivity contribution is 0.231. The minimum atomic E-state index is -3.38. The summed E-state index contributed by atoms with van der Waals surface area (Å²) in [7, 11) is -3.38. The van der Waals surface area contributed by atoms with E-state index in [-0.39, 0.29) is 11.9 Å². The zero-order valence-corrected chi connectivity index (χ0v) is 25.4. The zero-order valence-electron chi connectivity index (χ0n) is 24.6. The van der Waals surface area contributed by atoms with Gasteiger partial charge in [-0.25, -0.2) is 12.8 Å². The molecule has 1 unspecified atom stereocenters. The molecule has 3 atom stereocenters. The number of hydrogen-bond donors (Lipinski definition) is 2. The second kappa shape index (κ2) is 12.0. The third-order valence-corrected chi connectivity index (χ3v) is 8.85. The van der Waals surface area contributed by atoms with Crippen molar-refractivity contribution < 1.29 is 26.7 Å². The maximum Gasteiger partial charge on any atom is 0.295 e. The Labute approximate surface area is 251 Å². The van der Waals surface area contributed by atoms with E-state index in [1.165, 1.54) is 12.1 Å². The Balaban J connectivity index is 1.18. The summed E-state index contributed by atoms with van der Waals surface area (Å²) in [6, 6.07) is 16.8. The van der Waals surface area contributed by atoms with Crippen molar-refractivity contribution in [3.63, 3.8) is 0 Å². The largest absolute Gasteiger partial charge is 0.493 e. The molecule has 3 aromatic carbocycles. The number of sulfonamides is 1. The van der Waals surface area contributed by atoms with E-state index in [0.717, 1.165) is 66.8 Å². The Morgan fingerprint density at radius 3 is 2.40 bits per heavy atom. The van der Waals surface area contributed by atoms with Crippen molar-refractivity contribution in [2.24, 2.45) is 5.92 Å². The fourth-order valence-electron chi connectivity index (χ4n) is 6.58. The molecule has 2 N–H and O–H groups in total. The molecule has 43 heavy (non-hydrogen) atoms. The van der Waals surface area contributed by atoms with E-state index < -0.39 is 10.0 Å². The summed E-state index contributed by atoms with van der Waals surface area (Å²) in [4.78, 5) is 7.13. The number of likely N-dealkylation sites (tertiary alicyclic amines) is 1. The molecule has 9 nitrogen and oxygen atoms in total. The number of nitrogens with zero attached hydrogens (tertiary/aromatic N) is 2. The molecular formula is C32H37FN4O5S. The van der Waals surface area contributed by atoms with Gasteiger partial charge in [0, 0.05) is 18.6 Å². The maximum atomic E-state index is 13.7. The monoisotopic (exact) mass is 608 g/mol. The van der Waals surface area contributed by atoms with Gasteiger partial charge in [0.2, 0.25) is 10.0 Å². The van der Waals surface area contributed by atoms with Gasteiger partial charge in [-0.2, -0.15) is 4.98 Å². The molecule has 0 bridgehead atoms. The van der Waals surface area contributed by atoms with E-state index in [1.54, 1.807) is 30.3 Å². The fourth-order valence-corrected chi connectivity index (χ4v) is 7.14. The highest BCUT2D eigenvalue weighted by molar-refractivity contribution is 7.92. The summed E-state index contributed by atoms with van der Waals surface area (Å²) in [6.45, 7) is 6.69. The topological polar surface area (TPSA) is 106 Å². The minimum Gasteiger partial charge on any atom is -0.493 e. The van der Waals surface area contributed by atoms with Gasteiger partial charge in [-0.1, -0.05) is 12.1 Å². The third-order valence-electron chi connectivity index (χ3n) is 8.25. The van der Waals surface area contributed by atoms with E-state index in [1.807, 2.05) is 13.8 Å². The number of ether oxygens (including phenoxy) is 2. The lowest BCUT2D eigenvalue weighted by atomic mass is 9.99. The predicted octanol–water partition coefficient (Wildman–Crippen LogP) is 6.27. The highest BCUT2D eigenvalue weighted by atomic mass is 32.2. The first-order valence-corrected chi connectivity index (χ1v) is 16.7.